The second-order valence-corrected chi connectivity index (χ2v) is 6.92. The van der Waals surface area contributed by atoms with Gasteiger partial charge in [-0.05, 0) is 42.4 Å². The summed E-state index contributed by atoms with van der Waals surface area (Å²) < 4.78 is 12.8. The van der Waals surface area contributed by atoms with E-state index in [4.69, 9.17) is 11.6 Å². The molecule has 0 aliphatic heterocycles. The summed E-state index contributed by atoms with van der Waals surface area (Å²) in [6.45, 7) is 7.75. The smallest absolute Gasteiger partial charge is 0.223 e. The highest BCUT2D eigenvalue weighted by molar-refractivity contribution is 6.30. The van der Waals surface area contributed by atoms with Crippen LogP contribution in [0.4, 0.5) is 10.3 Å². The van der Waals surface area contributed by atoms with Crippen LogP contribution in [0.2, 0.25) is 5.02 Å². The number of imidazole rings is 1. The van der Waals surface area contributed by atoms with Gasteiger partial charge in [0.1, 0.15) is 5.82 Å². The lowest BCUT2D eigenvalue weighted by molar-refractivity contribution is -0.114. The number of carbonyl (C=O) groups excluding carboxylic acids is 1. The van der Waals surface area contributed by atoms with Crippen molar-refractivity contribution in [3.63, 3.8) is 0 Å². The third-order valence-electron chi connectivity index (χ3n) is 3.86. The predicted molar refractivity (Wildman–Crippen MR) is 100 cm³/mol. The molecule has 0 bridgehead atoms. The summed E-state index contributed by atoms with van der Waals surface area (Å²) in [5.74, 6) is 0.619. The molecule has 1 fully saturated rings. The minimum atomic E-state index is -0.330. The van der Waals surface area contributed by atoms with Crippen molar-refractivity contribution in [2.24, 2.45) is 5.41 Å². The number of benzene rings is 1. The Bertz CT molecular complexity index is 752. The number of aryl methyl sites for hydroxylation is 1. The monoisotopic (exact) mass is 363 g/mol. The number of rotatable bonds is 2. The van der Waals surface area contributed by atoms with Crippen LogP contribution in [0, 0.1) is 31.0 Å². The summed E-state index contributed by atoms with van der Waals surface area (Å²) in [7, 11) is 0. The highest BCUT2D eigenvalue weighted by Gasteiger charge is 2.46. The molecule has 1 amide bonds. The number of terminal acetylenes is 1. The lowest BCUT2D eigenvalue weighted by Gasteiger charge is -2.04. The molecule has 1 aromatic heterocycles. The van der Waals surface area contributed by atoms with E-state index < -0.39 is 0 Å². The molecule has 0 radical (unpaired) electrons. The maximum atomic E-state index is 12.8. The second-order valence-electron chi connectivity index (χ2n) is 6.51. The van der Waals surface area contributed by atoms with Crippen molar-refractivity contribution < 1.29 is 9.18 Å². The number of aromatic amines is 1. The number of H-pyrrole nitrogens is 1. The molecule has 6 heteroatoms. The zero-order valence-electron chi connectivity index (χ0n) is 14.9. The highest BCUT2D eigenvalue weighted by atomic mass is 35.5. The van der Waals surface area contributed by atoms with E-state index in [2.05, 4.69) is 42.0 Å². The summed E-state index contributed by atoms with van der Waals surface area (Å²) in [5, 5.41) is 2.76. The van der Waals surface area contributed by atoms with E-state index in [1.165, 1.54) is 19.4 Å². The van der Waals surface area contributed by atoms with Crippen molar-refractivity contribution in [1.29, 1.82) is 0 Å². The Morgan fingerprint density at radius 1 is 1.44 bits per heavy atom. The topological polar surface area (TPSA) is 57.8 Å². The first-order chi connectivity index (χ1) is 11.7. The van der Waals surface area contributed by atoms with Gasteiger partial charge in [-0.2, -0.15) is 0 Å². The number of hydrogen-bond acceptors (Lipinski definition) is 2. The van der Waals surface area contributed by atoms with Gasteiger partial charge in [0.15, 0.2) is 0 Å². The summed E-state index contributed by atoms with van der Waals surface area (Å²) in [4.78, 5) is 17.2. The van der Waals surface area contributed by atoms with Crippen LogP contribution in [0.15, 0.2) is 24.4 Å². The summed E-state index contributed by atoms with van der Waals surface area (Å²) in [6.07, 6.45) is 10.8. The van der Waals surface area contributed by atoms with Crippen LogP contribution in [0.3, 0.4) is 0 Å². The van der Waals surface area contributed by atoms with E-state index in [0.717, 1.165) is 11.3 Å². The van der Waals surface area contributed by atoms with Gasteiger partial charge in [0.05, 0.1) is 5.02 Å². The van der Waals surface area contributed by atoms with Crippen molar-refractivity contribution in [2.45, 2.75) is 40.0 Å². The van der Waals surface area contributed by atoms with E-state index in [1.807, 2.05) is 13.0 Å². The minimum Gasteiger partial charge on any atom is -0.328 e. The number of hydrogen-bond donors (Lipinski definition) is 2. The first-order valence-electron chi connectivity index (χ1n) is 7.76. The Kier molecular flexibility index (Phi) is 7.20. The molecule has 134 valence electrons. The van der Waals surface area contributed by atoms with Crippen LogP contribution in [0.5, 0.6) is 0 Å². The quantitative estimate of drug-likeness (QED) is 0.744. The first kappa shape index (κ1) is 20.7. The van der Waals surface area contributed by atoms with Gasteiger partial charge in [0, 0.05) is 18.8 Å². The normalized spacial score (nSPS) is 16.6. The Morgan fingerprint density at radius 2 is 2.04 bits per heavy atom. The Balaban J connectivity index is 0.000000235. The van der Waals surface area contributed by atoms with Crippen LogP contribution in [0.25, 0.3) is 0 Å². The molecule has 1 aliphatic carbocycles. The van der Waals surface area contributed by atoms with E-state index in [9.17, 15) is 9.18 Å². The number of nitrogens with zero attached hydrogens (tertiary/aromatic N) is 1. The molecule has 1 aromatic carbocycles. The number of anilines is 1. The van der Waals surface area contributed by atoms with Gasteiger partial charge in [-0.25, -0.2) is 9.37 Å². The second kappa shape index (κ2) is 8.68. The highest BCUT2D eigenvalue weighted by Crippen LogP contribution is 2.58. The first-order valence-corrected chi connectivity index (χ1v) is 8.14. The van der Waals surface area contributed by atoms with E-state index in [-0.39, 0.29) is 16.7 Å². The fraction of sp³-hybridized carbons (Fsp3) is 0.368. The number of nitrogens with one attached hydrogen (secondary N) is 2. The van der Waals surface area contributed by atoms with Gasteiger partial charge in [-0.1, -0.05) is 31.5 Å². The molecular weight excluding hydrogens is 341 g/mol. The van der Waals surface area contributed by atoms with Gasteiger partial charge < -0.3 is 4.98 Å². The van der Waals surface area contributed by atoms with Crippen molar-refractivity contribution in [3.8, 4) is 12.8 Å². The maximum Gasteiger partial charge on any atom is 0.223 e. The number of carbonyl (C=O) groups is 1. The molecule has 2 aromatic rings. The van der Waals surface area contributed by atoms with Crippen LogP contribution in [-0.4, -0.2) is 15.9 Å². The molecular formula is C19H23ClFN3O. The molecule has 2 N–H and O–H groups in total. The SMILES string of the molecule is C#C.CC(=O)Nc1ncc(C)[nH]1.CC1(C)C[C@H]1c1ccc(F)c(Cl)c1. The molecule has 0 spiro atoms. The van der Waals surface area contributed by atoms with Crippen LogP contribution >= 0.6 is 11.6 Å². The fourth-order valence-electron chi connectivity index (χ4n) is 2.41. The van der Waals surface area contributed by atoms with E-state index >= 15 is 0 Å². The Hall–Kier alpha value is -2.32. The fourth-order valence-corrected chi connectivity index (χ4v) is 2.60. The van der Waals surface area contributed by atoms with Gasteiger partial charge in [0.2, 0.25) is 11.9 Å². The molecule has 3 rings (SSSR count). The summed E-state index contributed by atoms with van der Waals surface area (Å²) in [6, 6.07) is 5.03. The van der Waals surface area contributed by atoms with Crippen molar-refractivity contribution in [1.82, 2.24) is 9.97 Å². The number of amides is 1. The van der Waals surface area contributed by atoms with Gasteiger partial charge >= 0.3 is 0 Å². The third kappa shape index (κ3) is 6.24. The van der Waals surface area contributed by atoms with E-state index in [1.54, 1.807) is 12.3 Å². The molecule has 0 saturated heterocycles. The molecule has 1 atom stereocenters. The average Bonchev–Trinajstić information content (AvgIpc) is 2.99. The van der Waals surface area contributed by atoms with Gasteiger partial charge in [-0.3, -0.25) is 10.1 Å². The molecule has 1 aliphatic rings. The zero-order valence-corrected chi connectivity index (χ0v) is 15.6. The largest absolute Gasteiger partial charge is 0.328 e. The zero-order chi connectivity index (χ0) is 19.2. The average molecular weight is 364 g/mol. The van der Waals surface area contributed by atoms with Crippen molar-refractivity contribution >= 4 is 23.5 Å². The van der Waals surface area contributed by atoms with Crippen LogP contribution in [-0.2, 0) is 4.79 Å². The molecule has 1 saturated carbocycles. The molecule has 4 nitrogen and oxygen atoms in total. The predicted octanol–water partition coefficient (Wildman–Crippen LogP) is 4.92. The van der Waals surface area contributed by atoms with E-state index in [0.29, 0.717) is 17.3 Å². The van der Waals surface area contributed by atoms with Gasteiger partial charge in [0.25, 0.3) is 0 Å². The third-order valence-corrected chi connectivity index (χ3v) is 4.15. The van der Waals surface area contributed by atoms with Crippen LogP contribution in [0.1, 0.15) is 44.4 Å². The van der Waals surface area contributed by atoms with Crippen molar-refractivity contribution in [2.75, 3.05) is 5.32 Å². The van der Waals surface area contributed by atoms with Crippen LogP contribution < -0.4 is 5.32 Å². The molecule has 0 unspecified atom stereocenters. The molecule has 1 heterocycles. The van der Waals surface area contributed by atoms with Gasteiger partial charge in [-0.15, -0.1) is 12.8 Å². The number of aromatic nitrogens is 2. The minimum absolute atomic E-state index is 0.116. The number of halogens is 2. The Morgan fingerprint density at radius 3 is 2.44 bits per heavy atom. The standard InChI is InChI=1S/C11H12ClF.C6H9N3O.C2H2/c1-11(2)6-8(11)7-3-4-10(13)9(12)5-7;1-4-3-7-6(8-4)9-5(2)10;1-2/h3-5,8H,6H2,1-2H3;3H,1-2H3,(H2,7,8,9,10);1-2H/t8-;;/m0../s1. The Labute approximate surface area is 153 Å². The maximum absolute atomic E-state index is 12.8. The lowest BCUT2D eigenvalue weighted by atomic mass is 10.0. The summed E-state index contributed by atoms with van der Waals surface area (Å²) in [5.41, 5.74) is 2.47. The molecule has 25 heavy (non-hydrogen) atoms. The van der Waals surface area contributed by atoms with Crippen molar-refractivity contribution in [3.05, 3.63) is 46.5 Å². The summed E-state index contributed by atoms with van der Waals surface area (Å²) >= 11 is 5.70. The lowest BCUT2D eigenvalue weighted by Crippen LogP contribution is -2.06.